The van der Waals surface area contributed by atoms with Gasteiger partial charge in [0.2, 0.25) is 0 Å². The molecule has 118 valence electrons. The van der Waals surface area contributed by atoms with Crippen LogP contribution in [0.25, 0.3) is 0 Å². The van der Waals surface area contributed by atoms with E-state index in [4.69, 9.17) is 0 Å². The van der Waals surface area contributed by atoms with Gasteiger partial charge in [0.15, 0.2) is 0 Å². The van der Waals surface area contributed by atoms with Crippen molar-refractivity contribution in [1.82, 2.24) is 4.90 Å². The Labute approximate surface area is 132 Å². The molecule has 0 aliphatic carbocycles. The fraction of sp³-hybridized carbons (Fsp3) is 0.368. The number of hydrogen-bond acceptors (Lipinski definition) is 3. The molecule has 0 atom stereocenters. The van der Waals surface area contributed by atoms with Crippen LogP contribution in [0, 0.1) is 0 Å². The van der Waals surface area contributed by atoms with Crippen LogP contribution >= 0.6 is 0 Å². The number of aliphatic hydroxyl groups is 2. The first-order valence-electron chi connectivity index (χ1n) is 7.76. The number of hydrogen-bond donors (Lipinski definition) is 2. The van der Waals surface area contributed by atoms with Crippen molar-refractivity contribution in [2.45, 2.75) is 12.3 Å². The summed E-state index contributed by atoms with van der Waals surface area (Å²) in [5, 5.41) is 18.6. The van der Waals surface area contributed by atoms with Crippen molar-refractivity contribution in [2.75, 3.05) is 32.8 Å². The van der Waals surface area contributed by atoms with E-state index in [0.717, 1.165) is 6.54 Å². The van der Waals surface area contributed by atoms with Crippen LogP contribution in [-0.2, 0) is 5.41 Å². The van der Waals surface area contributed by atoms with Crippen LogP contribution in [-0.4, -0.2) is 48.0 Å². The summed E-state index contributed by atoms with van der Waals surface area (Å²) in [5.74, 6) is 0. The molecule has 0 unspecified atom stereocenters. The average molecular weight is 299 g/mol. The molecule has 0 aliphatic rings. The average Bonchev–Trinajstić information content (AvgIpc) is 2.57. The third kappa shape index (κ3) is 3.95. The lowest BCUT2D eigenvalue weighted by molar-refractivity contribution is 0.145. The van der Waals surface area contributed by atoms with Gasteiger partial charge >= 0.3 is 0 Å². The second-order valence-corrected chi connectivity index (χ2v) is 5.79. The molecule has 0 saturated carbocycles. The second kappa shape index (κ2) is 8.08. The fourth-order valence-corrected chi connectivity index (χ4v) is 2.96. The molecule has 0 radical (unpaired) electrons. The molecule has 0 aliphatic heterocycles. The van der Waals surface area contributed by atoms with Gasteiger partial charge in [0.05, 0.1) is 13.2 Å². The molecule has 3 nitrogen and oxygen atoms in total. The zero-order valence-corrected chi connectivity index (χ0v) is 13.2. The van der Waals surface area contributed by atoms with Crippen LogP contribution in [0.1, 0.15) is 18.1 Å². The van der Waals surface area contributed by atoms with Crippen molar-refractivity contribution in [3.8, 4) is 0 Å². The zero-order chi connectivity index (χ0) is 15.8. The van der Waals surface area contributed by atoms with Crippen LogP contribution in [0.15, 0.2) is 60.7 Å². The van der Waals surface area contributed by atoms with Gasteiger partial charge in [-0.25, -0.2) is 0 Å². The number of rotatable bonds is 8. The van der Waals surface area contributed by atoms with Crippen molar-refractivity contribution in [3.05, 3.63) is 71.8 Å². The molecule has 0 amide bonds. The Morgan fingerprint density at radius 1 is 0.773 bits per heavy atom. The predicted octanol–water partition coefficient (Wildman–Crippen LogP) is 2.28. The van der Waals surface area contributed by atoms with E-state index >= 15 is 0 Å². The maximum absolute atomic E-state index is 9.28. The molecular weight excluding hydrogens is 274 g/mol. The van der Waals surface area contributed by atoms with Crippen molar-refractivity contribution < 1.29 is 10.2 Å². The van der Waals surface area contributed by atoms with Gasteiger partial charge in [-0.3, -0.25) is 4.90 Å². The highest BCUT2D eigenvalue weighted by molar-refractivity contribution is 5.38. The van der Waals surface area contributed by atoms with Gasteiger partial charge in [-0.2, -0.15) is 0 Å². The SMILES string of the molecule is CC(CN(CCO)CCO)(c1ccccc1)c1ccccc1. The fourth-order valence-electron chi connectivity index (χ4n) is 2.96. The van der Waals surface area contributed by atoms with Gasteiger partial charge in [0.1, 0.15) is 0 Å². The number of aliphatic hydroxyl groups excluding tert-OH is 2. The first kappa shape index (κ1) is 16.7. The third-order valence-electron chi connectivity index (χ3n) is 4.19. The Morgan fingerprint density at radius 2 is 1.18 bits per heavy atom. The maximum Gasteiger partial charge on any atom is 0.0558 e. The third-order valence-corrected chi connectivity index (χ3v) is 4.19. The molecule has 0 spiro atoms. The Hall–Kier alpha value is -1.68. The van der Waals surface area contributed by atoms with Gasteiger partial charge in [-0.15, -0.1) is 0 Å². The van der Waals surface area contributed by atoms with Crippen LogP contribution < -0.4 is 0 Å². The largest absolute Gasteiger partial charge is 0.395 e. The maximum atomic E-state index is 9.28. The molecule has 0 fully saturated rings. The highest BCUT2D eigenvalue weighted by atomic mass is 16.3. The molecule has 3 heteroatoms. The number of benzene rings is 2. The van der Waals surface area contributed by atoms with E-state index in [0.29, 0.717) is 13.1 Å². The standard InChI is InChI=1S/C19H25NO2/c1-19(17-8-4-2-5-9-17,18-10-6-3-7-11-18)16-20(12-14-21)13-15-22/h2-11,21-22H,12-16H2,1H3. The van der Waals surface area contributed by atoms with Crippen molar-refractivity contribution in [2.24, 2.45) is 0 Å². The van der Waals surface area contributed by atoms with Gasteiger partial charge in [-0.05, 0) is 11.1 Å². The van der Waals surface area contributed by atoms with Crippen molar-refractivity contribution in [1.29, 1.82) is 0 Å². The first-order chi connectivity index (χ1) is 10.7. The minimum absolute atomic E-state index is 0.0969. The second-order valence-electron chi connectivity index (χ2n) is 5.79. The summed E-state index contributed by atoms with van der Waals surface area (Å²) in [5.41, 5.74) is 2.29. The Morgan fingerprint density at radius 3 is 1.55 bits per heavy atom. The topological polar surface area (TPSA) is 43.7 Å². The molecule has 0 bridgehead atoms. The quantitative estimate of drug-likeness (QED) is 0.786. The first-order valence-corrected chi connectivity index (χ1v) is 7.76. The molecule has 2 rings (SSSR count). The van der Waals surface area contributed by atoms with Gasteiger partial charge in [0.25, 0.3) is 0 Å². The predicted molar refractivity (Wildman–Crippen MR) is 89.9 cm³/mol. The van der Waals surface area contributed by atoms with Gasteiger partial charge < -0.3 is 10.2 Å². The molecule has 0 aromatic heterocycles. The van der Waals surface area contributed by atoms with E-state index in [-0.39, 0.29) is 18.6 Å². The van der Waals surface area contributed by atoms with E-state index in [1.165, 1.54) is 11.1 Å². The normalized spacial score (nSPS) is 11.8. The van der Waals surface area contributed by atoms with Crippen LogP contribution in [0.3, 0.4) is 0 Å². The van der Waals surface area contributed by atoms with E-state index in [1.54, 1.807) is 0 Å². The lowest BCUT2D eigenvalue weighted by Gasteiger charge is -2.36. The molecule has 2 aromatic rings. The molecule has 22 heavy (non-hydrogen) atoms. The summed E-state index contributed by atoms with van der Waals surface area (Å²) < 4.78 is 0. The highest BCUT2D eigenvalue weighted by Crippen LogP contribution is 2.32. The van der Waals surface area contributed by atoms with E-state index in [9.17, 15) is 10.2 Å². The zero-order valence-electron chi connectivity index (χ0n) is 13.2. The molecule has 0 heterocycles. The minimum Gasteiger partial charge on any atom is -0.395 e. The van der Waals surface area contributed by atoms with Crippen LogP contribution in [0.4, 0.5) is 0 Å². The lowest BCUT2D eigenvalue weighted by atomic mass is 9.75. The van der Waals surface area contributed by atoms with Crippen molar-refractivity contribution >= 4 is 0 Å². The monoisotopic (exact) mass is 299 g/mol. The smallest absolute Gasteiger partial charge is 0.0558 e. The Bertz CT molecular complexity index is 496. The van der Waals surface area contributed by atoms with Gasteiger partial charge in [-0.1, -0.05) is 67.6 Å². The van der Waals surface area contributed by atoms with E-state index in [1.807, 2.05) is 12.1 Å². The summed E-state index contributed by atoms with van der Waals surface area (Å²) in [6.45, 7) is 4.30. The van der Waals surface area contributed by atoms with Crippen molar-refractivity contribution in [3.63, 3.8) is 0 Å². The molecule has 0 saturated heterocycles. The van der Waals surface area contributed by atoms with Gasteiger partial charge in [0, 0.05) is 25.0 Å². The summed E-state index contributed by atoms with van der Waals surface area (Å²) in [6, 6.07) is 20.8. The Kier molecular flexibility index (Phi) is 6.13. The summed E-state index contributed by atoms with van der Waals surface area (Å²) in [7, 11) is 0. The molecular formula is C19H25NO2. The lowest BCUT2D eigenvalue weighted by Crippen LogP contribution is -2.42. The number of nitrogens with zero attached hydrogens (tertiary/aromatic N) is 1. The summed E-state index contributed by atoms with van der Waals surface area (Å²) >= 11 is 0. The molecule has 2 N–H and O–H groups in total. The summed E-state index contributed by atoms with van der Waals surface area (Å²) in [6.07, 6.45) is 0. The van der Waals surface area contributed by atoms with Crippen LogP contribution in [0.2, 0.25) is 0 Å². The molecule has 2 aromatic carbocycles. The highest BCUT2D eigenvalue weighted by Gasteiger charge is 2.30. The minimum atomic E-state index is -0.188. The van der Waals surface area contributed by atoms with E-state index in [2.05, 4.69) is 60.4 Å². The summed E-state index contributed by atoms with van der Waals surface area (Å²) in [4.78, 5) is 2.11. The van der Waals surface area contributed by atoms with E-state index < -0.39 is 0 Å². The van der Waals surface area contributed by atoms with Crippen LogP contribution in [0.5, 0.6) is 0 Å². The Balaban J connectivity index is 2.37.